The van der Waals surface area contributed by atoms with Gasteiger partial charge in [0.2, 0.25) is 0 Å². The van der Waals surface area contributed by atoms with Gasteiger partial charge in [-0.15, -0.1) is 0 Å². The van der Waals surface area contributed by atoms with Crippen molar-refractivity contribution >= 4 is 0 Å². The second-order valence-electron chi connectivity index (χ2n) is 5.98. The molecule has 2 fully saturated rings. The summed E-state index contributed by atoms with van der Waals surface area (Å²) in [5.41, 5.74) is 3.95. The van der Waals surface area contributed by atoms with Gasteiger partial charge in [0.1, 0.15) is 0 Å². The molecule has 1 N–H and O–H groups in total. The minimum atomic E-state index is 0.871. The quantitative estimate of drug-likeness (QED) is 0.850. The van der Waals surface area contributed by atoms with Crippen LogP contribution in [0.5, 0.6) is 0 Å². The maximum Gasteiger partial charge on any atom is 0.0641 e. The van der Waals surface area contributed by atoms with Crippen LogP contribution in [0.3, 0.4) is 0 Å². The Morgan fingerprint density at radius 2 is 2.06 bits per heavy atom. The van der Waals surface area contributed by atoms with Gasteiger partial charge in [-0.1, -0.05) is 0 Å². The largest absolute Gasteiger partial charge is 0.316 e. The van der Waals surface area contributed by atoms with Crippen LogP contribution in [0.25, 0.3) is 0 Å². The molecule has 0 spiro atoms. The van der Waals surface area contributed by atoms with E-state index in [1.54, 1.807) is 0 Å². The van der Waals surface area contributed by atoms with Crippen LogP contribution in [-0.4, -0.2) is 40.9 Å². The van der Waals surface area contributed by atoms with Crippen LogP contribution in [0.4, 0.5) is 0 Å². The Morgan fingerprint density at radius 1 is 1.28 bits per heavy atom. The summed E-state index contributed by atoms with van der Waals surface area (Å²) < 4.78 is 2.01. The fraction of sp³-hybridized carbons (Fsp3) is 0.786. The zero-order chi connectivity index (χ0) is 12.7. The molecular weight excluding hydrogens is 224 g/mol. The highest BCUT2D eigenvalue weighted by atomic mass is 15.3. The topological polar surface area (TPSA) is 33.1 Å². The van der Waals surface area contributed by atoms with Crippen molar-refractivity contribution in [2.45, 2.75) is 26.8 Å². The highest BCUT2D eigenvalue weighted by molar-refractivity contribution is 5.24. The maximum absolute atomic E-state index is 4.52. The summed E-state index contributed by atoms with van der Waals surface area (Å²) in [4.78, 5) is 2.62. The van der Waals surface area contributed by atoms with Crippen molar-refractivity contribution in [2.24, 2.45) is 18.9 Å². The van der Waals surface area contributed by atoms with E-state index in [0.29, 0.717) is 0 Å². The predicted molar refractivity (Wildman–Crippen MR) is 72.4 cm³/mol. The second-order valence-corrected chi connectivity index (χ2v) is 5.98. The number of aromatic nitrogens is 2. The van der Waals surface area contributed by atoms with Crippen molar-refractivity contribution in [2.75, 3.05) is 26.2 Å². The minimum Gasteiger partial charge on any atom is -0.316 e. The summed E-state index contributed by atoms with van der Waals surface area (Å²) in [7, 11) is 2.04. The molecule has 1 aromatic rings. The smallest absolute Gasteiger partial charge is 0.0641 e. The van der Waals surface area contributed by atoms with Crippen LogP contribution in [0.15, 0.2) is 0 Å². The van der Waals surface area contributed by atoms with Gasteiger partial charge in [-0.05, 0) is 51.7 Å². The molecule has 0 aliphatic carbocycles. The van der Waals surface area contributed by atoms with Crippen LogP contribution in [0, 0.1) is 25.7 Å². The first-order chi connectivity index (χ1) is 8.65. The highest BCUT2D eigenvalue weighted by Crippen LogP contribution is 2.28. The van der Waals surface area contributed by atoms with Crippen LogP contribution in [0.2, 0.25) is 0 Å². The lowest BCUT2D eigenvalue weighted by molar-refractivity contribution is 0.142. The average molecular weight is 248 g/mol. The third-order valence-electron chi connectivity index (χ3n) is 4.83. The molecule has 2 aliphatic rings. The zero-order valence-corrected chi connectivity index (χ0v) is 11.7. The molecule has 0 amide bonds. The Kier molecular flexibility index (Phi) is 3.16. The number of piperidine rings is 1. The summed E-state index contributed by atoms with van der Waals surface area (Å²) >= 11 is 0. The summed E-state index contributed by atoms with van der Waals surface area (Å²) in [6.07, 6.45) is 1.36. The van der Waals surface area contributed by atoms with E-state index in [4.69, 9.17) is 0 Å². The molecular formula is C14H24N4. The average Bonchev–Trinajstić information content (AvgIpc) is 2.89. The van der Waals surface area contributed by atoms with Gasteiger partial charge < -0.3 is 5.32 Å². The fourth-order valence-corrected chi connectivity index (χ4v) is 3.52. The van der Waals surface area contributed by atoms with Crippen LogP contribution < -0.4 is 5.32 Å². The zero-order valence-electron chi connectivity index (χ0n) is 11.7. The van der Waals surface area contributed by atoms with Crippen molar-refractivity contribution in [3.05, 3.63) is 17.0 Å². The molecule has 3 heterocycles. The van der Waals surface area contributed by atoms with Crippen molar-refractivity contribution in [3.8, 4) is 0 Å². The Morgan fingerprint density at radius 3 is 2.78 bits per heavy atom. The van der Waals surface area contributed by atoms with E-state index < -0.39 is 0 Å². The van der Waals surface area contributed by atoms with Gasteiger partial charge in [-0.2, -0.15) is 5.10 Å². The lowest BCUT2D eigenvalue weighted by atomic mass is 9.88. The Hall–Kier alpha value is -0.870. The number of hydrogen-bond acceptors (Lipinski definition) is 3. The molecule has 2 atom stereocenters. The number of nitrogens with zero attached hydrogens (tertiary/aromatic N) is 3. The number of likely N-dealkylation sites (tertiary alicyclic amines) is 1. The molecule has 0 saturated carbocycles. The molecule has 4 nitrogen and oxygen atoms in total. The summed E-state index contributed by atoms with van der Waals surface area (Å²) in [6.45, 7) is 10.3. The van der Waals surface area contributed by atoms with Crippen molar-refractivity contribution in [1.82, 2.24) is 20.0 Å². The van der Waals surface area contributed by atoms with Crippen LogP contribution in [-0.2, 0) is 13.6 Å². The van der Waals surface area contributed by atoms with Gasteiger partial charge in [-0.3, -0.25) is 9.58 Å². The molecule has 0 radical (unpaired) electrons. The maximum atomic E-state index is 4.52. The number of hydrogen-bond donors (Lipinski definition) is 1. The molecule has 2 unspecified atom stereocenters. The Balaban J connectivity index is 1.69. The van der Waals surface area contributed by atoms with E-state index in [1.807, 2.05) is 11.7 Å². The predicted octanol–water partition coefficient (Wildman–Crippen LogP) is 1.08. The number of fused-ring (bicyclic) bond motifs is 1. The molecule has 2 aliphatic heterocycles. The lowest BCUT2D eigenvalue weighted by Gasteiger charge is -2.34. The molecule has 0 bridgehead atoms. The Labute approximate surface area is 109 Å². The van der Waals surface area contributed by atoms with Gasteiger partial charge in [0.05, 0.1) is 5.69 Å². The second kappa shape index (κ2) is 4.67. The molecule has 0 aromatic carbocycles. The fourth-order valence-electron chi connectivity index (χ4n) is 3.52. The van der Waals surface area contributed by atoms with Gasteiger partial charge in [0.15, 0.2) is 0 Å². The standard InChI is InChI=1S/C14H24N4/c1-10-14(11(2)17(3)16-10)9-18-5-4-12-6-15-7-13(12)8-18/h12-13,15H,4-9H2,1-3H3. The molecule has 100 valence electrons. The van der Waals surface area contributed by atoms with Gasteiger partial charge in [-0.25, -0.2) is 0 Å². The van der Waals surface area contributed by atoms with Gasteiger partial charge in [0.25, 0.3) is 0 Å². The van der Waals surface area contributed by atoms with Crippen LogP contribution >= 0.6 is 0 Å². The Bertz CT molecular complexity index is 437. The van der Waals surface area contributed by atoms with Gasteiger partial charge >= 0.3 is 0 Å². The first-order valence-corrected chi connectivity index (χ1v) is 7.07. The van der Waals surface area contributed by atoms with E-state index in [9.17, 15) is 0 Å². The van der Waals surface area contributed by atoms with E-state index in [1.165, 1.54) is 49.6 Å². The van der Waals surface area contributed by atoms with Gasteiger partial charge in [0, 0.05) is 31.4 Å². The molecule has 18 heavy (non-hydrogen) atoms. The van der Waals surface area contributed by atoms with E-state index in [0.717, 1.165) is 18.4 Å². The number of nitrogens with one attached hydrogen (secondary N) is 1. The summed E-state index contributed by atoms with van der Waals surface area (Å²) in [5, 5.41) is 8.05. The number of rotatable bonds is 2. The minimum absolute atomic E-state index is 0.871. The summed E-state index contributed by atoms with van der Waals surface area (Å²) in [5.74, 6) is 1.80. The van der Waals surface area contributed by atoms with Crippen molar-refractivity contribution in [3.63, 3.8) is 0 Å². The first-order valence-electron chi connectivity index (χ1n) is 7.07. The SMILES string of the molecule is Cc1nn(C)c(C)c1CN1CCC2CNCC2C1. The van der Waals surface area contributed by atoms with E-state index in [2.05, 4.69) is 29.2 Å². The molecule has 3 rings (SSSR count). The highest BCUT2D eigenvalue weighted by Gasteiger charge is 2.32. The summed E-state index contributed by atoms with van der Waals surface area (Å²) in [6, 6.07) is 0. The molecule has 4 heteroatoms. The number of aryl methyl sites for hydroxylation is 2. The van der Waals surface area contributed by atoms with Crippen molar-refractivity contribution in [1.29, 1.82) is 0 Å². The first kappa shape index (κ1) is 12.2. The lowest BCUT2D eigenvalue weighted by Crippen LogP contribution is -2.39. The monoisotopic (exact) mass is 248 g/mol. The third kappa shape index (κ3) is 2.08. The molecule has 2 saturated heterocycles. The van der Waals surface area contributed by atoms with E-state index in [-0.39, 0.29) is 0 Å². The third-order valence-corrected chi connectivity index (χ3v) is 4.83. The van der Waals surface area contributed by atoms with Crippen LogP contribution in [0.1, 0.15) is 23.4 Å². The van der Waals surface area contributed by atoms with Crippen molar-refractivity contribution < 1.29 is 0 Å². The molecule has 1 aromatic heterocycles. The van der Waals surface area contributed by atoms with E-state index >= 15 is 0 Å². The normalized spacial score (nSPS) is 28.6.